The zero-order chi connectivity index (χ0) is 43.7. The average Bonchev–Trinajstić information content (AvgIpc) is 3.75. The lowest BCUT2D eigenvalue weighted by atomic mass is 9.67. The summed E-state index contributed by atoms with van der Waals surface area (Å²) in [6.07, 6.45) is 11.8. The van der Waals surface area contributed by atoms with Crippen molar-refractivity contribution in [3.8, 4) is 39.1 Å². The zero-order valence-corrected chi connectivity index (χ0v) is 36.5. The highest BCUT2D eigenvalue weighted by atomic mass is 16.5. The Bertz CT molecular complexity index is 3130. The second-order valence-corrected chi connectivity index (χ2v) is 17.3. The van der Waals surface area contributed by atoms with Crippen LogP contribution in [0.3, 0.4) is 0 Å². The normalized spacial score (nSPS) is 16.2. The topological polar surface area (TPSA) is 21.3 Å². The number of benzene rings is 8. The molecule has 310 valence electrons. The van der Waals surface area contributed by atoms with Gasteiger partial charge in [0.2, 0.25) is 0 Å². The van der Waals surface area contributed by atoms with Crippen molar-refractivity contribution in [2.24, 2.45) is 0 Å². The number of nitrogens with one attached hydrogen (secondary N) is 1. The van der Waals surface area contributed by atoms with E-state index in [2.05, 4.69) is 245 Å². The summed E-state index contributed by atoms with van der Waals surface area (Å²) in [5.74, 6) is 0.963. The van der Waals surface area contributed by atoms with E-state index in [1.807, 2.05) is 6.20 Å². The summed E-state index contributed by atoms with van der Waals surface area (Å²) < 4.78 is 6.49. The van der Waals surface area contributed by atoms with Gasteiger partial charge in [-0.1, -0.05) is 196 Å². The number of hydrogen-bond acceptors (Lipinski definition) is 2. The Kier molecular flexibility index (Phi) is 10.7. The van der Waals surface area contributed by atoms with E-state index in [0.29, 0.717) is 6.61 Å². The highest BCUT2D eigenvalue weighted by Crippen LogP contribution is 2.56. The molecule has 0 saturated heterocycles. The van der Waals surface area contributed by atoms with Gasteiger partial charge in [-0.2, -0.15) is 0 Å². The van der Waals surface area contributed by atoms with Gasteiger partial charge in [-0.25, -0.2) is 0 Å². The summed E-state index contributed by atoms with van der Waals surface area (Å²) >= 11 is 0. The van der Waals surface area contributed by atoms with E-state index < -0.39 is 0 Å². The molecule has 0 radical (unpaired) electrons. The first-order valence-corrected chi connectivity index (χ1v) is 22.2. The number of allylic oxidation sites excluding steroid dienone is 4. The number of anilines is 1. The first kappa shape index (κ1) is 40.4. The lowest BCUT2D eigenvalue weighted by molar-refractivity contribution is 0.293. The number of para-hydroxylation sites is 2. The van der Waals surface area contributed by atoms with Gasteiger partial charge in [-0.3, -0.25) is 0 Å². The second-order valence-electron chi connectivity index (χ2n) is 17.3. The minimum atomic E-state index is -0.379. The molecule has 8 aromatic carbocycles. The van der Waals surface area contributed by atoms with E-state index in [0.717, 1.165) is 23.4 Å². The van der Waals surface area contributed by atoms with Crippen molar-refractivity contribution < 1.29 is 4.74 Å². The van der Waals surface area contributed by atoms with Crippen LogP contribution in [0.4, 0.5) is 5.69 Å². The van der Waals surface area contributed by atoms with E-state index in [4.69, 9.17) is 4.74 Å². The molecule has 0 aromatic heterocycles. The third kappa shape index (κ3) is 6.93. The van der Waals surface area contributed by atoms with Gasteiger partial charge in [-0.15, -0.1) is 13.2 Å². The Balaban J connectivity index is 0.00000239. The van der Waals surface area contributed by atoms with Crippen LogP contribution in [-0.2, 0) is 23.9 Å². The Morgan fingerprint density at radius 3 is 1.97 bits per heavy atom. The zero-order valence-electron chi connectivity index (χ0n) is 36.5. The van der Waals surface area contributed by atoms with E-state index in [1.54, 1.807) is 0 Å². The van der Waals surface area contributed by atoms with Crippen LogP contribution in [0.25, 0.3) is 45.0 Å². The highest BCUT2D eigenvalue weighted by molar-refractivity contribution is 5.88. The van der Waals surface area contributed by atoms with Gasteiger partial charge in [-0.05, 0) is 120 Å². The van der Waals surface area contributed by atoms with Crippen LogP contribution in [0.5, 0.6) is 5.75 Å². The first-order chi connectivity index (χ1) is 31.5. The molecule has 11 rings (SSSR count). The molecule has 1 heterocycles. The molecular weight excluding hydrogens is 775 g/mol. The molecule has 0 bridgehead atoms. The molecule has 1 aliphatic heterocycles. The van der Waals surface area contributed by atoms with Crippen LogP contribution in [0.15, 0.2) is 226 Å². The molecule has 0 amide bonds. The molecular formula is C62H51NO. The SMILES string of the molecule is C=C.CC1(C)c2ccccc2-c2ccc(C(/C=C\c3ccc4c(c3)C3(Cc5ccccc5OCc5ccccc53)c3ccccc3-4)=C/C=C/Nc3ccccc3-c3ccccc3)cc21. The maximum absolute atomic E-state index is 6.49. The van der Waals surface area contributed by atoms with Gasteiger partial charge in [0.25, 0.3) is 0 Å². The van der Waals surface area contributed by atoms with Crippen molar-refractivity contribution in [2.75, 3.05) is 5.32 Å². The van der Waals surface area contributed by atoms with E-state index in [1.165, 1.54) is 83.5 Å². The fourth-order valence-electron chi connectivity index (χ4n) is 10.4. The molecule has 0 fully saturated rings. The monoisotopic (exact) mass is 825 g/mol. The Morgan fingerprint density at radius 1 is 0.547 bits per heavy atom. The van der Waals surface area contributed by atoms with Crippen LogP contribution in [0.2, 0.25) is 0 Å². The number of ether oxygens (including phenoxy) is 1. The number of hydrogen-bond donors (Lipinski definition) is 1. The molecule has 3 aliphatic rings. The van der Waals surface area contributed by atoms with Crippen molar-refractivity contribution in [1.29, 1.82) is 0 Å². The minimum Gasteiger partial charge on any atom is -0.489 e. The fourth-order valence-corrected chi connectivity index (χ4v) is 10.4. The van der Waals surface area contributed by atoms with Gasteiger partial charge >= 0.3 is 0 Å². The Labute approximate surface area is 378 Å². The summed E-state index contributed by atoms with van der Waals surface area (Å²) in [5.41, 5.74) is 20.9. The maximum atomic E-state index is 6.49. The second kappa shape index (κ2) is 16.9. The molecule has 2 aliphatic carbocycles. The standard InChI is InChI=1S/C60H47NO.C2H4/c1-59(2)53-26-12-8-23-48(53)50-35-33-44(38-55(50)59)42(21-16-36-61-57-28-14-10-22-47(57)43-17-4-3-5-18-43)32-30-41-31-34-51-49-24-9-13-27-54(49)60(56(51)37-41)39-45-19-7-15-29-58(45)62-40-46-20-6-11-25-52(46)60;1-2/h3-38,61H,39-40H2,1-2H3;1-2H2/b32-30-,36-16+,42-21+;. The number of rotatable bonds is 7. The first-order valence-electron chi connectivity index (χ1n) is 22.2. The third-order valence-electron chi connectivity index (χ3n) is 13.5. The van der Waals surface area contributed by atoms with Crippen molar-refractivity contribution in [2.45, 2.75) is 37.7 Å². The average molecular weight is 826 g/mol. The lowest BCUT2D eigenvalue weighted by Gasteiger charge is -2.37. The van der Waals surface area contributed by atoms with Crippen LogP contribution in [0, 0.1) is 0 Å². The van der Waals surface area contributed by atoms with Gasteiger partial charge < -0.3 is 10.1 Å². The maximum Gasteiger partial charge on any atom is 0.123 e. The smallest absolute Gasteiger partial charge is 0.123 e. The van der Waals surface area contributed by atoms with Crippen LogP contribution in [-0.4, -0.2) is 0 Å². The molecule has 64 heavy (non-hydrogen) atoms. The molecule has 8 aromatic rings. The fraction of sp³-hybridized carbons (Fsp3) is 0.0968. The van der Waals surface area contributed by atoms with Crippen molar-refractivity contribution >= 4 is 17.3 Å². The molecule has 1 atom stereocenters. The summed E-state index contributed by atoms with van der Waals surface area (Å²) in [6.45, 7) is 11.2. The van der Waals surface area contributed by atoms with Gasteiger partial charge in [0, 0.05) is 22.9 Å². The van der Waals surface area contributed by atoms with E-state index in [-0.39, 0.29) is 10.8 Å². The summed E-state index contributed by atoms with van der Waals surface area (Å²) in [5, 5.41) is 3.60. The van der Waals surface area contributed by atoms with Crippen LogP contribution in [0.1, 0.15) is 63.9 Å². The highest BCUT2D eigenvalue weighted by Gasteiger charge is 2.47. The number of fused-ring (bicyclic) bond motifs is 11. The molecule has 1 N–H and O–H groups in total. The predicted molar refractivity (Wildman–Crippen MR) is 270 cm³/mol. The largest absolute Gasteiger partial charge is 0.489 e. The van der Waals surface area contributed by atoms with Gasteiger partial charge in [0.1, 0.15) is 12.4 Å². The minimum absolute atomic E-state index is 0.101. The predicted octanol–water partition coefficient (Wildman–Crippen LogP) is 15.6. The van der Waals surface area contributed by atoms with Gasteiger partial charge in [0.15, 0.2) is 0 Å². The summed E-state index contributed by atoms with van der Waals surface area (Å²) in [4.78, 5) is 0. The quantitative estimate of drug-likeness (QED) is 0.128. The van der Waals surface area contributed by atoms with E-state index in [9.17, 15) is 0 Å². The third-order valence-corrected chi connectivity index (χ3v) is 13.5. The van der Waals surface area contributed by atoms with Crippen molar-refractivity contribution in [3.63, 3.8) is 0 Å². The summed E-state index contributed by atoms with van der Waals surface area (Å²) in [7, 11) is 0. The lowest BCUT2D eigenvalue weighted by Crippen LogP contribution is -2.32. The molecule has 1 unspecified atom stereocenters. The molecule has 0 saturated carbocycles. The van der Waals surface area contributed by atoms with Crippen molar-refractivity contribution in [1.82, 2.24) is 0 Å². The Morgan fingerprint density at radius 2 is 1.16 bits per heavy atom. The molecule has 2 heteroatoms. The molecule has 1 spiro atoms. The van der Waals surface area contributed by atoms with Crippen LogP contribution < -0.4 is 10.1 Å². The van der Waals surface area contributed by atoms with Crippen molar-refractivity contribution in [3.05, 3.63) is 276 Å². The van der Waals surface area contributed by atoms with E-state index >= 15 is 0 Å². The summed E-state index contributed by atoms with van der Waals surface area (Å²) in [6, 6.07) is 68.5. The van der Waals surface area contributed by atoms with Crippen LogP contribution >= 0.6 is 0 Å². The van der Waals surface area contributed by atoms with Gasteiger partial charge in [0.05, 0.1) is 5.41 Å². The Hall–Kier alpha value is -7.68. The molecule has 2 nitrogen and oxygen atoms in total.